The Morgan fingerprint density at radius 2 is 1.70 bits per heavy atom. The summed E-state index contributed by atoms with van der Waals surface area (Å²) in [5.41, 5.74) is 3.35. The van der Waals surface area contributed by atoms with E-state index in [2.05, 4.69) is 16.9 Å². The highest BCUT2D eigenvalue weighted by Gasteiger charge is 2.10. The van der Waals surface area contributed by atoms with E-state index >= 15 is 0 Å². The first-order valence-corrected chi connectivity index (χ1v) is 8.67. The van der Waals surface area contributed by atoms with Crippen molar-refractivity contribution in [3.05, 3.63) is 75.1 Å². The quantitative estimate of drug-likeness (QED) is 0.534. The molecule has 3 rings (SSSR count). The van der Waals surface area contributed by atoms with Crippen molar-refractivity contribution in [1.82, 2.24) is 4.98 Å². The molecule has 0 aliphatic carbocycles. The van der Waals surface area contributed by atoms with Crippen LogP contribution in [0.15, 0.2) is 54.4 Å². The van der Waals surface area contributed by atoms with Crippen LogP contribution in [-0.2, 0) is 0 Å². The lowest BCUT2D eigenvalue weighted by atomic mass is 10.2. The number of nitrogens with one attached hydrogen (secondary N) is 1. The minimum Gasteiger partial charge on any atom is -0.332 e. The number of hydrogen-bond acceptors (Lipinski definition) is 3. The SMILES string of the molecule is C=C(Nc1nc(-c2ccc(Cl)cc2Cl)cs1)c1ccc(Cl)cc1. The Balaban J connectivity index is 1.79. The molecule has 0 atom stereocenters. The Labute approximate surface area is 153 Å². The Bertz CT molecular complexity index is 857. The van der Waals surface area contributed by atoms with Gasteiger partial charge in [-0.25, -0.2) is 4.98 Å². The van der Waals surface area contributed by atoms with Crippen LogP contribution in [0.25, 0.3) is 17.0 Å². The molecule has 1 N–H and O–H groups in total. The van der Waals surface area contributed by atoms with Gasteiger partial charge in [-0.15, -0.1) is 11.3 Å². The summed E-state index contributed by atoms with van der Waals surface area (Å²) in [6, 6.07) is 12.8. The van der Waals surface area contributed by atoms with Gasteiger partial charge in [0.25, 0.3) is 0 Å². The highest BCUT2D eigenvalue weighted by Crippen LogP contribution is 2.33. The van der Waals surface area contributed by atoms with Crippen molar-refractivity contribution < 1.29 is 0 Å². The van der Waals surface area contributed by atoms with E-state index in [9.17, 15) is 0 Å². The fourth-order valence-corrected chi connectivity index (χ4v) is 3.37. The molecular formula is C17H11Cl3N2S. The number of nitrogens with zero attached hydrogens (tertiary/aromatic N) is 1. The number of halogens is 3. The number of rotatable bonds is 4. The molecule has 1 aromatic heterocycles. The molecule has 1 heterocycles. The molecule has 0 aliphatic heterocycles. The van der Waals surface area contributed by atoms with E-state index in [1.165, 1.54) is 11.3 Å². The highest BCUT2D eigenvalue weighted by molar-refractivity contribution is 7.14. The van der Waals surface area contributed by atoms with Crippen LogP contribution >= 0.6 is 46.1 Å². The van der Waals surface area contributed by atoms with Crippen molar-refractivity contribution in [2.75, 3.05) is 5.32 Å². The third-order valence-corrected chi connectivity index (χ3v) is 4.72. The minimum atomic E-state index is 0.575. The summed E-state index contributed by atoms with van der Waals surface area (Å²) < 4.78 is 0. The number of benzene rings is 2. The first-order valence-electron chi connectivity index (χ1n) is 6.66. The van der Waals surface area contributed by atoms with Gasteiger partial charge in [-0.1, -0.05) is 53.5 Å². The molecule has 3 aromatic rings. The second-order valence-electron chi connectivity index (χ2n) is 4.77. The smallest absolute Gasteiger partial charge is 0.187 e. The summed E-state index contributed by atoms with van der Waals surface area (Å²) in [6.07, 6.45) is 0. The standard InChI is InChI=1S/C17H11Cl3N2S/c1-10(11-2-4-12(18)5-3-11)21-17-22-16(9-23-17)14-7-6-13(19)8-15(14)20/h2-9H,1H2,(H,21,22). The second kappa shape index (κ2) is 6.93. The summed E-state index contributed by atoms with van der Waals surface area (Å²) in [5, 5.41) is 7.74. The largest absolute Gasteiger partial charge is 0.332 e. The predicted molar refractivity (Wildman–Crippen MR) is 102 cm³/mol. The second-order valence-corrected chi connectivity index (χ2v) is 6.91. The van der Waals surface area contributed by atoms with Gasteiger partial charge in [0.05, 0.1) is 10.7 Å². The minimum absolute atomic E-state index is 0.575. The molecule has 0 radical (unpaired) electrons. The van der Waals surface area contributed by atoms with Gasteiger partial charge in [0.1, 0.15) is 0 Å². The van der Waals surface area contributed by atoms with E-state index in [0.717, 1.165) is 27.6 Å². The zero-order valence-corrected chi connectivity index (χ0v) is 14.9. The van der Waals surface area contributed by atoms with E-state index in [-0.39, 0.29) is 0 Å². The maximum absolute atomic E-state index is 6.22. The van der Waals surface area contributed by atoms with Crippen molar-refractivity contribution >= 4 is 57.0 Å². The lowest BCUT2D eigenvalue weighted by Gasteiger charge is -2.07. The highest BCUT2D eigenvalue weighted by atomic mass is 35.5. The number of aromatic nitrogens is 1. The molecule has 0 aliphatic rings. The van der Waals surface area contributed by atoms with Gasteiger partial charge in [-0.2, -0.15) is 0 Å². The van der Waals surface area contributed by atoms with Crippen LogP contribution < -0.4 is 5.32 Å². The van der Waals surface area contributed by atoms with E-state index in [1.807, 2.05) is 35.7 Å². The zero-order valence-electron chi connectivity index (χ0n) is 11.8. The van der Waals surface area contributed by atoms with E-state index in [0.29, 0.717) is 15.1 Å². The summed E-state index contributed by atoms with van der Waals surface area (Å²) in [6.45, 7) is 4.03. The van der Waals surface area contributed by atoms with Gasteiger partial charge < -0.3 is 5.32 Å². The molecular weight excluding hydrogens is 371 g/mol. The van der Waals surface area contributed by atoms with Crippen LogP contribution in [0.5, 0.6) is 0 Å². The summed E-state index contributed by atoms with van der Waals surface area (Å²) in [5.74, 6) is 0. The van der Waals surface area contributed by atoms with Crippen molar-refractivity contribution in [3.63, 3.8) is 0 Å². The van der Waals surface area contributed by atoms with E-state index in [1.54, 1.807) is 12.1 Å². The topological polar surface area (TPSA) is 24.9 Å². The average Bonchev–Trinajstić information content (AvgIpc) is 2.96. The van der Waals surface area contributed by atoms with Gasteiger partial charge in [-0.3, -0.25) is 0 Å². The number of anilines is 1. The summed E-state index contributed by atoms with van der Waals surface area (Å²) >= 11 is 19.5. The molecule has 0 amide bonds. The molecule has 0 saturated heterocycles. The maximum atomic E-state index is 6.22. The summed E-state index contributed by atoms with van der Waals surface area (Å²) in [4.78, 5) is 4.55. The van der Waals surface area contributed by atoms with Crippen LogP contribution in [0.3, 0.4) is 0 Å². The van der Waals surface area contributed by atoms with Crippen molar-refractivity contribution in [2.45, 2.75) is 0 Å². The fraction of sp³-hybridized carbons (Fsp3) is 0. The normalized spacial score (nSPS) is 10.6. The third kappa shape index (κ3) is 3.88. The molecule has 23 heavy (non-hydrogen) atoms. The Kier molecular flexibility index (Phi) is 4.93. The van der Waals surface area contributed by atoms with Crippen LogP contribution in [0.4, 0.5) is 5.13 Å². The van der Waals surface area contributed by atoms with Crippen LogP contribution in [0.2, 0.25) is 15.1 Å². The zero-order chi connectivity index (χ0) is 16.4. The molecule has 0 saturated carbocycles. The lowest BCUT2D eigenvalue weighted by Crippen LogP contribution is -1.96. The molecule has 2 aromatic carbocycles. The first kappa shape index (κ1) is 16.3. The van der Waals surface area contributed by atoms with E-state index in [4.69, 9.17) is 34.8 Å². The molecule has 0 bridgehead atoms. The predicted octanol–water partition coefficient (Wildman–Crippen LogP) is 6.85. The van der Waals surface area contributed by atoms with Crippen LogP contribution in [0, 0.1) is 0 Å². The van der Waals surface area contributed by atoms with Gasteiger partial charge in [0.2, 0.25) is 0 Å². The van der Waals surface area contributed by atoms with E-state index < -0.39 is 0 Å². The Morgan fingerprint density at radius 3 is 2.39 bits per heavy atom. The number of hydrogen-bond donors (Lipinski definition) is 1. The summed E-state index contributed by atoms with van der Waals surface area (Å²) in [7, 11) is 0. The molecule has 6 heteroatoms. The Hall–Kier alpha value is -1.52. The Morgan fingerprint density at radius 1 is 1.00 bits per heavy atom. The molecule has 0 spiro atoms. The molecule has 0 unspecified atom stereocenters. The molecule has 2 nitrogen and oxygen atoms in total. The molecule has 0 fully saturated rings. The molecule has 116 valence electrons. The number of thiazole rings is 1. The van der Waals surface area contributed by atoms with Gasteiger partial charge in [-0.05, 0) is 35.9 Å². The monoisotopic (exact) mass is 380 g/mol. The lowest BCUT2D eigenvalue weighted by molar-refractivity contribution is 1.39. The fourth-order valence-electron chi connectivity index (χ4n) is 2.00. The average molecular weight is 382 g/mol. The maximum Gasteiger partial charge on any atom is 0.187 e. The van der Waals surface area contributed by atoms with Crippen molar-refractivity contribution in [2.24, 2.45) is 0 Å². The van der Waals surface area contributed by atoms with Gasteiger partial charge in [0, 0.05) is 26.7 Å². The van der Waals surface area contributed by atoms with Crippen molar-refractivity contribution in [1.29, 1.82) is 0 Å². The van der Waals surface area contributed by atoms with Crippen LogP contribution in [0.1, 0.15) is 5.56 Å². The van der Waals surface area contributed by atoms with Gasteiger partial charge >= 0.3 is 0 Å². The first-order chi connectivity index (χ1) is 11.0. The van der Waals surface area contributed by atoms with Crippen LogP contribution in [-0.4, -0.2) is 4.98 Å². The van der Waals surface area contributed by atoms with Gasteiger partial charge in [0.15, 0.2) is 5.13 Å². The third-order valence-electron chi connectivity index (χ3n) is 3.16. The van der Waals surface area contributed by atoms with Crippen molar-refractivity contribution in [3.8, 4) is 11.3 Å².